The Morgan fingerprint density at radius 1 is 1.35 bits per heavy atom. The zero-order valence-corrected chi connectivity index (χ0v) is 12.8. The van der Waals surface area contributed by atoms with E-state index in [0.717, 1.165) is 33.9 Å². The maximum absolute atomic E-state index is 12.1. The minimum absolute atomic E-state index is 0.0305. The van der Waals surface area contributed by atoms with Crippen LogP contribution in [0.25, 0.3) is 0 Å². The monoisotopic (exact) mass is 289 g/mol. The van der Waals surface area contributed by atoms with E-state index in [9.17, 15) is 4.79 Å². The molecule has 4 nitrogen and oxygen atoms in total. The lowest BCUT2D eigenvalue weighted by molar-refractivity contribution is 0.0953. The summed E-state index contributed by atoms with van der Waals surface area (Å²) in [6.45, 7) is 4.54. The fourth-order valence-electron chi connectivity index (χ4n) is 2.00. The number of carbonyl (C=O) groups excluding carboxylic acids is 1. The maximum Gasteiger partial charge on any atom is 0.251 e. The summed E-state index contributed by atoms with van der Waals surface area (Å²) in [6.07, 6.45) is 0.768. The number of benzene rings is 1. The van der Waals surface area contributed by atoms with Crippen LogP contribution in [-0.2, 0) is 6.42 Å². The average Bonchev–Trinajstić information content (AvgIpc) is 2.84. The van der Waals surface area contributed by atoms with Crippen molar-refractivity contribution in [1.82, 2.24) is 10.3 Å². The molecule has 0 radical (unpaired) electrons. The smallest absolute Gasteiger partial charge is 0.251 e. The van der Waals surface area contributed by atoms with E-state index in [1.165, 1.54) is 0 Å². The van der Waals surface area contributed by atoms with Crippen LogP contribution in [0.15, 0.2) is 23.6 Å². The molecule has 0 unspecified atom stereocenters. The molecule has 1 aromatic heterocycles. The number of aryl methyl sites for hydroxylation is 2. The Balaban J connectivity index is 1.91. The van der Waals surface area contributed by atoms with Crippen molar-refractivity contribution in [2.24, 2.45) is 0 Å². The summed E-state index contributed by atoms with van der Waals surface area (Å²) in [7, 11) is 1.87. The van der Waals surface area contributed by atoms with Crippen LogP contribution in [0.2, 0.25) is 0 Å². The van der Waals surface area contributed by atoms with Crippen molar-refractivity contribution in [1.29, 1.82) is 0 Å². The number of nitrogens with zero attached hydrogens (tertiary/aromatic N) is 1. The first-order chi connectivity index (χ1) is 9.60. The highest BCUT2D eigenvalue weighted by molar-refractivity contribution is 7.09. The van der Waals surface area contributed by atoms with Gasteiger partial charge in [-0.15, -0.1) is 11.3 Å². The molecule has 0 aliphatic rings. The molecule has 2 rings (SSSR count). The lowest BCUT2D eigenvalue weighted by atomic mass is 10.1. The molecule has 0 saturated carbocycles. The predicted molar refractivity (Wildman–Crippen MR) is 83.6 cm³/mol. The normalized spacial score (nSPS) is 10.3. The molecule has 106 valence electrons. The van der Waals surface area contributed by atoms with Crippen LogP contribution < -0.4 is 10.6 Å². The second-order valence-electron chi connectivity index (χ2n) is 4.64. The van der Waals surface area contributed by atoms with Crippen molar-refractivity contribution in [3.05, 3.63) is 45.4 Å². The van der Waals surface area contributed by atoms with E-state index in [1.54, 1.807) is 11.3 Å². The van der Waals surface area contributed by atoms with Crippen molar-refractivity contribution >= 4 is 22.9 Å². The van der Waals surface area contributed by atoms with Crippen LogP contribution in [0.1, 0.15) is 26.6 Å². The molecule has 0 bridgehead atoms. The fraction of sp³-hybridized carbons (Fsp3) is 0.333. The molecule has 0 spiro atoms. The first-order valence-electron chi connectivity index (χ1n) is 6.57. The number of aromatic nitrogens is 1. The number of hydrogen-bond donors (Lipinski definition) is 2. The van der Waals surface area contributed by atoms with Crippen LogP contribution in [-0.4, -0.2) is 24.5 Å². The second kappa shape index (κ2) is 6.52. The van der Waals surface area contributed by atoms with Gasteiger partial charge in [-0.1, -0.05) is 0 Å². The fourth-order valence-corrected chi connectivity index (χ4v) is 2.64. The third-order valence-corrected chi connectivity index (χ3v) is 3.92. The van der Waals surface area contributed by atoms with E-state index in [2.05, 4.69) is 15.6 Å². The number of nitrogens with one attached hydrogen (secondary N) is 2. The number of hydrogen-bond acceptors (Lipinski definition) is 4. The van der Waals surface area contributed by atoms with Gasteiger partial charge in [0, 0.05) is 36.6 Å². The van der Waals surface area contributed by atoms with Gasteiger partial charge >= 0.3 is 0 Å². The minimum atomic E-state index is -0.0305. The lowest BCUT2D eigenvalue weighted by Gasteiger charge is -2.09. The summed E-state index contributed by atoms with van der Waals surface area (Å²) < 4.78 is 0. The van der Waals surface area contributed by atoms with E-state index in [-0.39, 0.29) is 5.91 Å². The third-order valence-electron chi connectivity index (χ3n) is 3.09. The molecule has 0 atom stereocenters. The zero-order valence-electron chi connectivity index (χ0n) is 12.0. The van der Waals surface area contributed by atoms with Crippen LogP contribution in [0.3, 0.4) is 0 Å². The van der Waals surface area contributed by atoms with Gasteiger partial charge in [-0.25, -0.2) is 4.98 Å². The highest BCUT2D eigenvalue weighted by atomic mass is 32.1. The molecule has 1 amide bonds. The third kappa shape index (κ3) is 3.57. The van der Waals surface area contributed by atoms with Gasteiger partial charge in [-0.05, 0) is 37.6 Å². The highest BCUT2D eigenvalue weighted by Crippen LogP contribution is 2.14. The molecule has 20 heavy (non-hydrogen) atoms. The summed E-state index contributed by atoms with van der Waals surface area (Å²) in [4.78, 5) is 16.5. The van der Waals surface area contributed by atoms with Gasteiger partial charge in [-0.3, -0.25) is 4.79 Å². The van der Waals surface area contributed by atoms with Crippen molar-refractivity contribution in [3.8, 4) is 0 Å². The number of thiazole rings is 1. The molecule has 1 aromatic carbocycles. The minimum Gasteiger partial charge on any atom is -0.388 e. The van der Waals surface area contributed by atoms with Gasteiger partial charge in [0.25, 0.3) is 5.91 Å². The van der Waals surface area contributed by atoms with Gasteiger partial charge in [-0.2, -0.15) is 0 Å². The Bertz CT molecular complexity index is 607. The first-order valence-corrected chi connectivity index (χ1v) is 7.45. The topological polar surface area (TPSA) is 54.0 Å². The molecule has 0 aliphatic heterocycles. The predicted octanol–water partition coefficient (Wildman–Crippen LogP) is 2.77. The summed E-state index contributed by atoms with van der Waals surface area (Å²) in [6, 6.07) is 5.73. The number of rotatable bonds is 5. The van der Waals surface area contributed by atoms with Gasteiger partial charge in [0.05, 0.1) is 10.7 Å². The van der Waals surface area contributed by atoms with Crippen LogP contribution >= 0.6 is 11.3 Å². The largest absolute Gasteiger partial charge is 0.388 e. The molecular formula is C15H19N3OS. The van der Waals surface area contributed by atoms with Crippen LogP contribution in [0, 0.1) is 13.8 Å². The first kappa shape index (κ1) is 14.5. The quantitative estimate of drug-likeness (QED) is 0.890. The van der Waals surface area contributed by atoms with Gasteiger partial charge in [0.15, 0.2) is 0 Å². The highest BCUT2D eigenvalue weighted by Gasteiger charge is 2.09. The number of carbonyl (C=O) groups is 1. The Morgan fingerprint density at radius 2 is 2.15 bits per heavy atom. The SMILES string of the molecule is CNc1ccc(C(=O)NCCc2csc(C)n2)c(C)c1. The Kier molecular flexibility index (Phi) is 4.74. The second-order valence-corrected chi connectivity index (χ2v) is 5.71. The maximum atomic E-state index is 12.1. The molecular weight excluding hydrogens is 270 g/mol. The molecule has 2 aromatic rings. The molecule has 2 N–H and O–H groups in total. The summed E-state index contributed by atoms with van der Waals surface area (Å²) in [5.41, 5.74) is 3.74. The van der Waals surface area contributed by atoms with Gasteiger partial charge in [0.2, 0.25) is 0 Å². The van der Waals surface area contributed by atoms with E-state index in [4.69, 9.17) is 0 Å². The van der Waals surface area contributed by atoms with Crippen LogP contribution in [0.5, 0.6) is 0 Å². The molecule has 1 heterocycles. The summed E-state index contributed by atoms with van der Waals surface area (Å²) in [5, 5.41) is 9.10. The van der Waals surface area contributed by atoms with Gasteiger partial charge < -0.3 is 10.6 Å². The lowest BCUT2D eigenvalue weighted by Crippen LogP contribution is -2.26. The van der Waals surface area contributed by atoms with E-state index in [1.807, 2.05) is 44.5 Å². The average molecular weight is 289 g/mol. The van der Waals surface area contributed by atoms with E-state index < -0.39 is 0 Å². The Labute approximate surface area is 123 Å². The van der Waals surface area contributed by atoms with E-state index >= 15 is 0 Å². The molecule has 0 fully saturated rings. The van der Waals surface area contributed by atoms with Gasteiger partial charge in [0.1, 0.15) is 0 Å². The molecule has 0 saturated heterocycles. The Morgan fingerprint density at radius 3 is 2.75 bits per heavy atom. The van der Waals surface area contributed by atoms with Crippen LogP contribution in [0.4, 0.5) is 5.69 Å². The Hall–Kier alpha value is -1.88. The molecule has 5 heteroatoms. The van der Waals surface area contributed by atoms with E-state index in [0.29, 0.717) is 6.54 Å². The number of amides is 1. The summed E-state index contributed by atoms with van der Waals surface area (Å²) >= 11 is 1.64. The van der Waals surface area contributed by atoms with Crippen molar-refractivity contribution in [2.75, 3.05) is 18.9 Å². The molecule has 0 aliphatic carbocycles. The standard InChI is InChI=1S/C15H19N3OS/c1-10-8-12(16-3)4-5-14(10)15(19)17-7-6-13-9-20-11(2)18-13/h4-5,8-9,16H,6-7H2,1-3H3,(H,17,19). The van der Waals surface area contributed by atoms with Crippen molar-refractivity contribution < 1.29 is 4.79 Å². The summed E-state index contributed by atoms with van der Waals surface area (Å²) in [5.74, 6) is -0.0305. The number of anilines is 1. The van der Waals surface area contributed by atoms with Crippen molar-refractivity contribution in [2.45, 2.75) is 20.3 Å². The zero-order chi connectivity index (χ0) is 14.5. The van der Waals surface area contributed by atoms with Crippen molar-refractivity contribution in [3.63, 3.8) is 0 Å².